The fraction of sp³-hybridized carbons (Fsp3) is 0.143. The Kier molecular flexibility index (Phi) is 3.94. The predicted octanol–water partition coefficient (Wildman–Crippen LogP) is 4.40. The smallest absolute Gasteiger partial charge is 0.226 e. The molecule has 4 heteroatoms. The Morgan fingerprint density at radius 1 is 1.00 bits per heavy atom. The van der Waals surface area contributed by atoms with Crippen LogP contribution in [0.4, 0.5) is 0 Å². The number of carbonyl (C=O) groups excluding carboxylic acids is 1. The van der Waals surface area contributed by atoms with Crippen molar-refractivity contribution in [1.29, 1.82) is 0 Å². The number of fused-ring (bicyclic) bond motifs is 2. The lowest BCUT2D eigenvalue weighted by molar-refractivity contribution is -0.121. The van der Waals surface area contributed by atoms with Gasteiger partial charge in [0, 0.05) is 5.39 Å². The van der Waals surface area contributed by atoms with Gasteiger partial charge >= 0.3 is 0 Å². The second-order valence-corrected chi connectivity index (χ2v) is 6.16. The number of para-hydroxylation sites is 1. The summed E-state index contributed by atoms with van der Waals surface area (Å²) in [5, 5.41) is 10.3. The van der Waals surface area contributed by atoms with Gasteiger partial charge in [0.15, 0.2) is 5.58 Å². The van der Waals surface area contributed by atoms with Gasteiger partial charge in [0.05, 0.1) is 12.5 Å². The highest BCUT2D eigenvalue weighted by Gasteiger charge is 2.15. The zero-order valence-electron chi connectivity index (χ0n) is 13.9. The molecule has 1 N–H and O–H groups in total. The third-order valence-corrected chi connectivity index (χ3v) is 4.45. The first-order valence-corrected chi connectivity index (χ1v) is 8.32. The maximum Gasteiger partial charge on any atom is 0.226 e. The number of aromatic nitrogens is 1. The normalized spacial score (nSPS) is 12.4. The maximum absolute atomic E-state index is 12.5. The van der Waals surface area contributed by atoms with Crippen LogP contribution in [0.15, 0.2) is 71.3 Å². The van der Waals surface area contributed by atoms with E-state index in [1.165, 1.54) is 5.39 Å². The van der Waals surface area contributed by atoms with Crippen LogP contribution in [-0.4, -0.2) is 11.1 Å². The van der Waals surface area contributed by atoms with Crippen molar-refractivity contribution >= 4 is 27.6 Å². The van der Waals surface area contributed by atoms with Gasteiger partial charge in [-0.1, -0.05) is 59.8 Å². The zero-order valence-corrected chi connectivity index (χ0v) is 13.9. The lowest BCUT2D eigenvalue weighted by Gasteiger charge is -2.16. The standard InChI is InChI=1S/C21H18N2O2/c1-14(16-11-6-8-15-7-2-3-9-17(15)16)22-21(24)13-19-18-10-4-5-12-20(18)25-23-19/h2-12,14H,13H2,1H3,(H,22,24). The lowest BCUT2D eigenvalue weighted by Crippen LogP contribution is -2.28. The Morgan fingerprint density at radius 3 is 2.60 bits per heavy atom. The van der Waals surface area contributed by atoms with Gasteiger partial charge < -0.3 is 9.84 Å². The molecule has 1 atom stereocenters. The fourth-order valence-electron chi connectivity index (χ4n) is 3.22. The molecule has 0 radical (unpaired) electrons. The van der Waals surface area contributed by atoms with Crippen LogP contribution in [0.2, 0.25) is 0 Å². The molecule has 0 bridgehead atoms. The van der Waals surface area contributed by atoms with Crippen molar-refractivity contribution in [3.8, 4) is 0 Å². The zero-order chi connectivity index (χ0) is 17.2. The van der Waals surface area contributed by atoms with E-state index in [1.807, 2.05) is 49.4 Å². The van der Waals surface area contributed by atoms with E-state index < -0.39 is 0 Å². The molecule has 1 aromatic heterocycles. The molecular formula is C21H18N2O2. The van der Waals surface area contributed by atoms with Crippen molar-refractivity contribution in [3.63, 3.8) is 0 Å². The first kappa shape index (κ1) is 15.4. The number of rotatable bonds is 4. The molecule has 0 spiro atoms. The second kappa shape index (κ2) is 6.40. The van der Waals surface area contributed by atoms with E-state index in [0.717, 1.165) is 16.3 Å². The molecule has 0 saturated carbocycles. The van der Waals surface area contributed by atoms with Crippen LogP contribution in [0, 0.1) is 0 Å². The summed E-state index contributed by atoms with van der Waals surface area (Å²) in [7, 11) is 0. The highest BCUT2D eigenvalue weighted by Crippen LogP contribution is 2.24. The van der Waals surface area contributed by atoms with Gasteiger partial charge in [-0.2, -0.15) is 0 Å². The number of nitrogens with zero attached hydrogens (tertiary/aromatic N) is 1. The van der Waals surface area contributed by atoms with Crippen LogP contribution < -0.4 is 5.32 Å². The monoisotopic (exact) mass is 330 g/mol. The molecule has 4 nitrogen and oxygen atoms in total. The van der Waals surface area contributed by atoms with Gasteiger partial charge in [-0.05, 0) is 35.4 Å². The summed E-state index contributed by atoms with van der Waals surface area (Å²) in [6, 6.07) is 21.8. The van der Waals surface area contributed by atoms with Crippen LogP contribution >= 0.6 is 0 Å². The summed E-state index contributed by atoms with van der Waals surface area (Å²) in [5.74, 6) is -0.0699. The topological polar surface area (TPSA) is 55.1 Å². The summed E-state index contributed by atoms with van der Waals surface area (Å²) in [6.07, 6.45) is 0.201. The molecular weight excluding hydrogens is 312 g/mol. The van der Waals surface area contributed by atoms with E-state index in [0.29, 0.717) is 11.3 Å². The largest absolute Gasteiger partial charge is 0.356 e. The van der Waals surface area contributed by atoms with Gasteiger partial charge in [0.2, 0.25) is 5.91 Å². The minimum atomic E-state index is -0.0863. The summed E-state index contributed by atoms with van der Waals surface area (Å²) in [6.45, 7) is 2.00. The van der Waals surface area contributed by atoms with E-state index in [4.69, 9.17) is 4.52 Å². The summed E-state index contributed by atoms with van der Waals surface area (Å²) in [4.78, 5) is 12.5. The number of nitrogens with one attached hydrogen (secondary N) is 1. The number of hydrogen-bond donors (Lipinski definition) is 1. The van der Waals surface area contributed by atoms with Gasteiger partial charge in [0.1, 0.15) is 5.69 Å². The average molecular weight is 330 g/mol. The van der Waals surface area contributed by atoms with E-state index in [-0.39, 0.29) is 18.4 Å². The second-order valence-electron chi connectivity index (χ2n) is 6.16. The van der Waals surface area contributed by atoms with Crippen molar-refractivity contribution in [2.45, 2.75) is 19.4 Å². The number of hydrogen-bond acceptors (Lipinski definition) is 3. The third kappa shape index (κ3) is 2.98. The van der Waals surface area contributed by atoms with Gasteiger partial charge in [0.25, 0.3) is 0 Å². The van der Waals surface area contributed by atoms with Crippen LogP contribution in [0.1, 0.15) is 24.2 Å². The Bertz CT molecular complexity index is 1050. The molecule has 124 valence electrons. The number of benzene rings is 3. The molecule has 25 heavy (non-hydrogen) atoms. The molecule has 1 heterocycles. The molecule has 1 unspecified atom stereocenters. The molecule has 0 aliphatic heterocycles. The minimum absolute atomic E-state index is 0.0699. The molecule has 3 aromatic carbocycles. The summed E-state index contributed by atoms with van der Waals surface area (Å²) < 4.78 is 5.27. The first-order chi connectivity index (χ1) is 12.2. The Balaban J connectivity index is 1.54. The van der Waals surface area contributed by atoms with Gasteiger partial charge in [-0.15, -0.1) is 0 Å². The third-order valence-electron chi connectivity index (χ3n) is 4.45. The first-order valence-electron chi connectivity index (χ1n) is 8.32. The Morgan fingerprint density at radius 2 is 1.72 bits per heavy atom. The fourth-order valence-corrected chi connectivity index (χ4v) is 3.22. The van der Waals surface area contributed by atoms with Crippen molar-refractivity contribution in [1.82, 2.24) is 10.5 Å². The summed E-state index contributed by atoms with van der Waals surface area (Å²) >= 11 is 0. The highest BCUT2D eigenvalue weighted by atomic mass is 16.5. The molecule has 0 aliphatic rings. The minimum Gasteiger partial charge on any atom is -0.356 e. The van der Waals surface area contributed by atoms with Crippen molar-refractivity contribution in [3.05, 3.63) is 78.0 Å². The molecule has 4 rings (SSSR count). The van der Waals surface area contributed by atoms with Crippen molar-refractivity contribution in [2.24, 2.45) is 0 Å². The lowest BCUT2D eigenvalue weighted by atomic mass is 9.99. The Hall–Kier alpha value is -3.14. The Labute approximate surface area is 145 Å². The highest BCUT2D eigenvalue weighted by molar-refractivity contribution is 5.88. The summed E-state index contributed by atoms with van der Waals surface area (Å²) in [5.41, 5.74) is 2.47. The number of carbonyl (C=O) groups is 1. The van der Waals surface area contributed by atoms with Gasteiger partial charge in [-0.25, -0.2) is 0 Å². The SMILES string of the molecule is CC(NC(=O)Cc1noc2ccccc12)c1cccc2ccccc12. The average Bonchev–Trinajstić information content (AvgIpc) is 3.04. The van der Waals surface area contributed by atoms with Crippen LogP contribution in [0.3, 0.4) is 0 Å². The number of amides is 1. The van der Waals surface area contributed by atoms with Crippen LogP contribution in [-0.2, 0) is 11.2 Å². The van der Waals surface area contributed by atoms with E-state index in [9.17, 15) is 4.79 Å². The van der Waals surface area contributed by atoms with Gasteiger partial charge in [-0.3, -0.25) is 4.79 Å². The molecule has 0 fully saturated rings. The van der Waals surface area contributed by atoms with Crippen LogP contribution in [0.25, 0.3) is 21.7 Å². The van der Waals surface area contributed by atoms with E-state index in [1.54, 1.807) is 0 Å². The molecule has 4 aromatic rings. The molecule has 0 saturated heterocycles. The maximum atomic E-state index is 12.5. The van der Waals surface area contributed by atoms with Crippen molar-refractivity contribution < 1.29 is 9.32 Å². The molecule has 0 aliphatic carbocycles. The predicted molar refractivity (Wildman–Crippen MR) is 98.2 cm³/mol. The van der Waals surface area contributed by atoms with Crippen LogP contribution in [0.5, 0.6) is 0 Å². The quantitative estimate of drug-likeness (QED) is 0.603. The van der Waals surface area contributed by atoms with E-state index >= 15 is 0 Å². The molecule has 1 amide bonds. The van der Waals surface area contributed by atoms with Crippen molar-refractivity contribution in [2.75, 3.05) is 0 Å². The van der Waals surface area contributed by atoms with E-state index in [2.05, 4.69) is 34.7 Å².